The van der Waals surface area contributed by atoms with Gasteiger partial charge in [0.1, 0.15) is 11.6 Å². The number of para-hydroxylation sites is 2. The standard InChI is InChI=1S/C25H20FN3O3S/c1-16-8-2-3-9-17(16)21-15-33-25(28-21)29-24(31)18-10-4-7-13-22(18)32-14-23(30)27-20-12-6-5-11-19(20)26/h2-13,15H,14H2,1H3,(H,27,30)(H,28,29,31). The summed E-state index contributed by atoms with van der Waals surface area (Å²) in [5.41, 5.74) is 3.18. The molecule has 8 heteroatoms. The molecule has 0 aliphatic heterocycles. The fourth-order valence-corrected chi connectivity index (χ4v) is 3.86. The van der Waals surface area contributed by atoms with E-state index >= 15 is 0 Å². The van der Waals surface area contributed by atoms with Gasteiger partial charge in [0.25, 0.3) is 11.8 Å². The lowest BCUT2D eigenvalue weighted by molar-refractivity contribution is -0.118. The maximum atomic E-state index is 13.7. The first kappa shape index (κ1) is 22.2. The fraction of sp³-hybridized carbons (Fsp3) is 0.0800. The summed E-state index contributed by atoms with van der Waals surface area (Å²) in [6.07, 6.45) is 0. The predicted octanol–water partition coefficient (Wildman–Crippen LogP) is 5.53. The van der Waals surface area contributed by atoms with E-state index in [9.17, 15) is 14.0 Å². The molecule has 0 bridgehead atoms. The molecule has 2 amide bonds. The molecule has 4 aromatic rings. The third kappa shape index (κ3) is 5.42. The first-order valence-electron chi connectivity index (χ1n) is 10.1. The summed E-state index contributed by atoms with van der Waals surface area (Å²) in [4.78, 5) is 29.5. The van der Waals surface area contributed by atoms with E-state index in [1.165, 1.54) is 29.5 Å². The number of hydrogen-bond acceptors (Lipinski definition) is 5. The minimum atomic E-state index is -0.543. The number of rotatable bonds is 7. The van der Waals surface area contributed by atoms with Gasteiger partial charge >= 0.3 is 0 Å². The second-order valence-electron chi connectivity index (χ2n) is 7.12. The fourth-order valence-electron chi connectivity index (χ4n) is 3.15. The summed E-state index contributed by atoms with van der Waals surface area (Å²) < 4.78 is 19.3. The van der Waals surface area contributed by atoms with Crippen molar-refractivity contribution < 1.29 is 18.7 Å². The van der Waals surface area contributed by atoms with Gasteiger partial charge in [-0.15, -0.1) is 11.3 Å². The predicted molar refractivity (Wildman–Crippen MR) is 127 cm³/mol. The Hall–Kier alpha value is -4.04. The number of nitrogens with zero attached hydrogens (tertiary/aromatic N) is 1. The van der Waals surface area contributed by atoms with Crippen LogP contribution in [0.5, 0.6) is 5.75 Å². The molecule has 166 valence electrons. The van der Waals surface area contributed by atoms with Crippen LogP contribution >= 0.6 is 11.3 Å². The molecular formula is C25H20FN3O3S. The van der Waals surface area contributed by atoms with Gasteiger partial charge in [-0.3, -0.25) is 14.9 Å². The lowest BCUT2D eigenvalue weighted by Gasteiger charge is -2.11. The Morgan fingerprint density at radius 3 is 2.52 bits per heavy atom. The molecule has 1 aromatic heterocycles. The van der Waals surface area contributed by atoms with E-state index in [-0.39, 0.29) is 23.6 Å². The molecule has 33 heavy (non-hydrogen) atoms. The second kappa shape index (κ2) is 10.1. The summed E-state index contributed by atoms with van der Waals surface area (Å²) in [5, 5.41) is 7.56. The van der Waals surface area contributed by atoms with Crippen molar-refractivity contribution in [1.82, 2.24) is 4.98 Å². The molecule has 0 unspecified atom stereocenters. The van der Waals surface area contributed by atoms with Gasteiger partial charge in [0.2, 0.25) is 0 Å². The van der Waals surface area contributed by atoms with Gasteiger partial charge in [-0.1, -0.05) is 48.5 Å². The third-order valence-electron chi connectivity index (χ3n) is 4.78. The molecule has 0 atom stereocenters. The highest BCUT2D eigenvalue weighted by Gasteiger charge is 2.16. The Kier molecular flexibility index (Phi) is 6.75. The number of aryl methyl sites for hydroxylation is 1. The smallest absolute Gasteiger partial charge is 0.262 e. The zero-order valence-electron chi connectivity index (χ0n) is 17.7. The molecule has 0 radical (unpaired) electrons. The van der Waals surface area contributed by atoms with Gasteiger partial charge in [-0.2, -0.15) is 0 Å². The molecule has 4 rings (SSSR count). The normalized spacial score (nSPS) is 10.5. The van der Waals surface area contributed by atoms with Crippen molar-refractivity contribution in [1.29, 1.82) is 0 Å². The van der Waals surface area contributed by atoms with Crippen LogP contribution < -0.4 is 15.4 Å². The minimum Gasteiger partial charge on any atom is -0.483 e. The molecule has 2 N–H and O–H groups in total. The van der Waals surface area contributed by atoms with Crippen molar-refractivity contribution in [3.8, 4) is 17.0 Å². The van der Waals surface area contributed by atoms with E-state index in [4.69, 9.17) is 4.74 Å². The summed E-state index contributed by atoms with van der Waals surface area (Å²) >= 11 is 1.32. The van der Waals surface area contributed by atoms with E-state index in [2.05, 4.69) is 15.6 Å². The Labute approximate surface area is 194 Å². The Bertz CT molecular complexity index is 1310. The van der Waals surface area contributed by atoms with Crippen LogP contribution in [-0.2, 0) is 4.79 Å². The number of benzene rings is 3. The number of carbonyl (C=O) groups is 2. The highest BCUT2D eigenvalue weighted by atomic mass is 32.1. The molecule has 0 fully saturated rings. The van der Waals surface area contributed by atoms with Crippen molar-refractivity contribution in [2.24, 2.45) is 0 Å². The van der Waals surface area contributed by atoms with Crippen molar-refractivity contribution in [2.45, 2.75) is 6.92 Å². The number of ether oxygens (including phenoxy) is 1. The van der Waals surface area contributed by atoms with Gasteiger partial charge in [0.05, 0.1) is 16.9 Å². The van der Waals surface area contributed by atoms with E-state index < -0.39 is 17.6 Å². The topological polar surface area (TPSA) is 80.3 Å². The van der Waals surface area contributed by atoms with Crippen molar-refractivity contribution >= 4 is 34.0 Å². The molecule has 0 saturated carbocycles. The number of amides is 2. The Morgan fingerprint density at radius 2 is 1.70 bits per heavy atom. The highest BCUT2D eigenvalue weighted by molar-refractivity contribution is 7.14. The maximum absolute atomic E-state index is 13.7. The molecule has 0 saturated heterocycles. The Balaban J connectivity index is 1.42. The highest BCUT2D eigenvalue weighted by Crippen LogP contribution is 2.28. The summed E-state index contributed by atoms with van der Waals surface area (Å²) in [5.74, 6) is -1.27. The number of carbonyl (C=O) groups excluding carboxylic acids is 2. The quantitative estimate of drug-likeness (QED) is 0.379. The molecule has 0 spiro atoms. The largest absolute Gasteiger partial charge is 0.483 e. The molecule has 3 aromatic carbocycles. The number of nitrogens with one attached hydrogen (secondary N) is 2. The van der Waals surface area contributed by atoms with Gasteiger partial charge in [-0.05, 0) is 36.8 Å². The molecule has 0 aliphatic rings. The monoisotopic (exact) mass is 461 g/mol. The molecule has 0 aliphatic carbocycles. The van der Waals surface area contributed by atoms with Crippen LogP contribution in [0.15, 0.2) is 78.2 Å². The average Bonchev–Trinajstić information content (AvgIpc) is 3.28. The van der Waals surface area contributed by atoms with Gasteiger partial charge < -0.3 is 10.1 Å². The number of anilines is 2. The van der Waals surface area contributed by atoms with E-state index in [1.54, 1.807) is 30.3 Å². The lowest BCUT2D eigenvalue weighted by Crippen LogP contribution is -2.22. The Morgan fingerprint density at radius 1 is 0.970 bits per heavy atom. The SMILES string of the molecule is Cc1ccccc1-c1csc(NC(=O)c2ccccc2OCC(=O)Nc2ccccc2F)n1. The first-order valence-corrected chi connectivity index (χ1v) is 11.0. The number of aromatic nitrogens is 1. The second-order valence-corrected chi connectivity index (χ2v) is 7.98. The van der Waals surface area contributed by atoms with E-state index in [1.807, 2.05) is 36.6 Å². The van der Waals surface area contributed by atoms with E-state index in [0.717, 1.165) is 16.8 Å². The first-order chi connectivity index (χ1) is 16.0. The molecular weight excluding hydrogens is 441 g/mol. The maximum Gasteiger partial charge on any atom is 0.262 e. The zero-order valence-corrected chi connectivity index (χ0v) is 18.5. The van der Waals surface area contributed by atoms with E-state index in [0.29, 0.717) is 5.13 Å². The lowest BCUT2D eigenvalue weighted by atomic mass is 10.1. The average molecular weight is 462 g/mol. The van der Waals surface area contributed by atoms with Crippen molar-refractivity contribution in [3.63, 3.8) is 0 Å². The number of halogens is 1. The third-order valence-corrected chi connectivity index (χ3v) is 5.54. The number of thiazole rings is 1. The van der Waals surface area contributed by atoms with Gasteiger partial charge in [0, 0.05) is 10.9 Å². The molecule has 1 heterocycles. The van der Waals surface area contributed by atoms with Crippen molar-refractivity contribution in [2.75, 3.05) is 17.2 Å². The number of hydrogen-bond donors (Lipinski definition) is 2. The van der Waals surface area contributed by atoms with Crippen molar-refractivity contribution in [3.05, 3.63) is 95.1 Å². The van der Waals surface area contributed by atoms with Crippen LogP contribution in [0, 0.1) is 12.7 Å². The van der Waals surface area contributed by atoms with Crippen LogP contribution in [0.25, 0.3) is 11.3 Å². The summed E-state index contributed by atoms with van der Waals surface area (Å²) in [6, 6.07) is 20.3. The summed E-state index contributed by atoms with van der Waals surface area (Å²) in [7, 11) is 0. The minimum absolute atomic E-state index is 0.0605. The van der Waals surface area contributed by atoms with Gasteiger partial charge in [0.15, 0.2) is 11.7 Å². The van der Waals surface area contributed by atoms with Gasteiger partial charge in [-0.25, -0.2) is 9.37 Å². The zero-order chi connectivity index (χ0) is 23.2. The summed E-state index contributed by atoms with van der Waals surface area (Å²) in [6.45, 7) is 1.62. The van der Waals surface area contributed by atoms with Crippen LogP contribution in [0.1, 0.15) is 15.9 Å². The molecule has 6 nitrogen and oxygen atoms in total. The van der Waals surface area contributed by atoms with Crippen LogP contribution in [0.3, 0.4) is 0 Å². The van der Waals surface area contributed by atoms with Crippen LogP contribution in [0.4, 0.5) is 15.2 Å². The van der Waals surface area contributed by atoms with Crippen LogP contribution in [0.2, 0.25) is 0 Å². The van der Waals surface area contributed by atoms with Crippen LogP contribution in [-0.4, -0.2) is 23.4 Å².